The number of rotatable bonds is 3. The molecular formula is C26H21BN12. The van der Waals surface area contributed by atoms with E-state index >= 15 is 0 Å². The summed E-state index contributed by atoms with van der Waals surface area (Å²) < 4.78 is 0. The summed E-state index contributed by atoms with van der Waals surface area (Å²) >= 11 is 0. The lowest BCUT2D eigenvalue weighted by Crippen LogP contribution is -2.63. The van der Waals surface area contributed by atoms with Crippen LogP contribution in [-0.4, -0.2) is 56.6 Å². The molecule has 13 heteroatoms. The van der Waals surface area contributed by atoms with E-state index in [1.54, 1.807) is 24.8 Å². The van der Waals surface area contributed by atoms with Crippen LogP contribution in [0.4, 0.5) is 34.9 Å². The van der Waals surface area contributed by atoms with Crippen LogP contribution in [0.1, 0.15) is 43.6 Å². The SMILES string of the molecule is c1ncnc(N2c3cc(C4CCCCC4)cc4c3B(c3nccnc32)c2nccnc2N4c2ncncn2)n1. The van der Waals surface area contributed by atoms with Gasteiger partial charge in [-0.25, -0.2) is 39.9 Å². The van der Waals surface area contributed by atoms with Crippen LogP contribution in [0.2, 0.25) is 0 Å². The lowest BCUT2D eigenvalue weighted by molar-refractivity contribution is 0.444. The van der Waals surface area contributed by atoms with E-state index in [4.69, 9.17) is 19.9 Å². The average Bonchev–Trinajstić information content (AvgIpc) is 3.02. The van der Waals surface area contributed by atoms with Crippen LogP contribution in [0, 0.1) is 0 Å². The van der Waals surface area contributed by atoms with Crippen LogP contribution < -0.4 is 26.4 Å². The Morgan fingerprint density at radius 2 is 1.08 bits per heavy atom. The molecule has 12 nitrogen and oxygen atoms in total. The molecule has 0 unspecified atom stereocenters. The van der Waals surface area contributed by atoms with Crippen molar-refractivity contribution in [2.45, 2.75) is 38.0 Å². The zero-order chi connectivity index (χ0) is 25.8. The van der Waals surface area contributed by atoms with E-state index in [0.717, 1.165) is 40.9 Å². The third-order valence-corrected chi connectivity index (χ3v) is 7.75. The Morgan fingerprint density at radius 1 is 0.590 bits per heavy atom. The van der Waals surface area contributed by atoms with Crippen LogP contribution >= 0.6 is 0 Å². The highest BCUT2D eigenvalue weighted by Gasteiger charge is 2.48. The Labute approximate surface area is 223 Å². The van der Waals surface area contributed by atoms with E-state index in [9.17, 15) is 0 Å². The minimum absolute atomic E-state index is 0.293. The van der Waals surface area contributed by atoms with Gasteiger partial charge in [0.05, 0.1) is 11.2 Å². The second kappa shape index (κ2) is 8.83. The van der Waals surface area contributed by atoms with Crippen LogP contribution in [-0.2, 0) is 0 Å². The number of aromatic nitrogens is 10. The summed E-state index contributed by atoms with van der Waals surface area (Å²) in [7, 11) is 0. The molecule has 1 saturated carbocycles. The second-order valence-corrected chi connectivity index (χ2v) is 9.82. The van der Waals surface area contributed by atoms with Gasteiger partial charge in [-0.1, -0.05) is 19.3 Å². The highest BCUT2D eigenvalue weighted by molar-refractivity contribution is 6.99. The number of anilines is 6. The standard InChI is InChI=1S/C26H21BN12/c1-2-4-16(5-3-1)17-10-18-20-19(11-17)39(26-36-14-29-15-37-26)24-22(31-7-9-33-24)27(20)21-23(32-8-6-30-21)38(18)25-34-12-28-13-35-25/h6-16H,1-5H2. The minimum atomic E-state index is -0.293. The van der Waals surface area contributed by atoms with Crippen molar-refractivity contribution in [3.63, 3.8) is 0 Å². The van der Waals surface area contributed by atoms with E-state index in [1.165, 1.54) is 50.1 Å². The van der Waals surface area contributed by atoms with Crippen LogP contribution in [0.25, 0.3) is 0 Å². The molecule has 5 aromatic rings. The average molecular weight is 512 g/mol. The first-order chi connectivity index (χ1) is 19.4. The van der Waals surface area contributed by atoms with Crippen LogP contribution in [0.15, 0.2) is 62.2 Å². The molecule has 188 valence electrons. The van der Waals surface area contributed by atoms with Gasteiger partial charge in [-0.15, -0.1) is 0 Å². The molecule has 0 bridgehead atoms. The van der Waals surface area contributed by atoms with Gasteiger partial charge in [-0.05, 0) is 41.9 Å². The minimum Gasteiger partial charge on any atom is -0.265 e. The third kappa shape index (κ3) is 3.39. The molecular weight excluding hydrogens is 491 g/mol. The number of benzene rings is 1. The van der Waals surface area contributed by atoms with Crippen LogP contribution in [0.3, 0.4) is 0 Å². The molecule has 1 aliphatic carbocycles. The maximum absolute atomic E-state index is 4.83. The van der Waals surface area contributed by atoms with Gasteiger partial charge >= 0.3 is 6.71 Å². The van der Waals surface area contributed by atoms with Crippen molar-refractivity contribution in [3.05, 3.63) is 67.8 Å². The van der Waals surface area contributed by atoms with E-state index in [0.29, 0.717) is 29.5 Å². The number of hydrogen-bond donors (Lipinski definition) is 0. The summed E-state index contributed by atoms with van der Waals surface area (Å²) in [4.78, 5) is 49.4. The molecule has 8 rings (SSSR count). The van der Waals surface area contributed by atoms with Crippen molar-refractivity contribution in [2.75, 3.05) is 9.80 Å². The lowest BCUT2D eigenvalue weighted by atomic mass is 9.37. The predicted molar refractivity (Wildman–Crippen MR) is 144 cm³/mol. The molecule has 4 aromatic heterocycles. The smallest absolute Gasteiger partial charge is 0.265 e. The highest BCUT2D eigenvalue weighted by Crippen LogP contribution is 2.43. The maximum Gasteiger partial charge on any atom is 0.302 e. The van der Waals surface area contributed by atoms with Gasteiger partial charge in [0.15, 0.2) is 11.6 Å². The number of fused-ring (bicyclic) bond motifs is 4. The predicted octanol–water partition coefficient (Wildman–Crippen LogP) is 1.77. The molecule has 2 aliphatic heterocycles. The van der Waals surface area contributed by atoms with Crippen molar-refractivity contribution >= 4 is 58.3 Å². The van der Waals surface area contributed by atoms with Crippen molar-refractivity contribution in [2.24, 2.45) is 0 Å². The van der Waals surface area contributed by atoms with Gasteiger partial charge in [0.25, 0.3) is 0 Å². The van der Waals surface area contributed by atoms with Gasteiger partial charge in [0.1, 0.15) is 25.3 Å². The zero-order valence-corrected chi connectivity index (χ0v) is 20.8. The van der Waals surface area contributed by atoms with E-state index in [2.05, 4.69) is 42.0 Å². The molecule has 39 heavy (non-hydrogen) atoms. The maximum atomic E-state index is 4.83. The molecule has 0 spiro atoms. The molecule has 0 saturated heterocycles. The van der Waals surface area contributed by atoms with E-state index in [-0.39, 0.29) is 6.71 Å². The fourth-order valence-corrected chi connectivity index (χ4v) is 6.15. The molecule has 0 amide bonds. The van der Waals surface area contributed by atoms with Gasteiger partial charge in [-0.2, -0.15) is 0 Å². The molecule has 0 N–H and O–H groups in total. The highest BCUT2D eigenvalue weighted by atomic mass is 15.3. The first-order valence-electron chi connectivity index (χ1n) is 13.0. The second-order valence-electron chi connectivity index (χ2n) is 9.82. The molecule has 0 atom stereocenters. The Bertz CT molecular complexity index is 1570. The quantitative estimate of drug-likeness (QED) is 0.319. The normalized spacial score (nSPS) is 15.9. The lowest BCUT2D eigenvalue weighted by Gasteiger charge is -2.40. The first-order valence-corrected chi connectivity index (χ1v) is 13.0. The molecule has 1 fully saturated rings. The summed E-state index contributed by atoms with van der Waals surface area (Å²) in [6.07, 6.45) is 18.8. The van der Waals surface area contributed by atoms with E-state index < -0.39 is 0 Å². The fourth-order valence-electron chi connectivity index (χ4n) is 6.15. The van der Waals surface area contributed by atoms with Crippen molar-refractivity contribution < 1.29 is 0 Å². The summed E-state index contributed by atoms with van der Waals surface area (Å²) in [5, 5.41) is 0. The summed E-state index contributed by atoms with van der Waals surface area (Å²) in [6, 6.07) is 4.55. The van der Waals surface area contributed by atoms with Crippen LogP contribution in [0.5, 0.6) is 0 Å². The topological polar surface area (TPSA) is 135 Å². The summed E-state index contributed by atoms with van der Waals surface area (Å²) in [5.74, 6) is 2.72. The summed E-state index contributed by atoms with van der Waals surface area (Å²) in [5.41, 5.74) is 5.65. The third-order valence-electron chi connectivity index (χ3n) is 7.75. The van der Waals surface area contributed by atoms with Gasteiger partial charge in [-0.3, -0.25) is 19.8 Å². The van der Waals surface area contributed by atoms with Crippen molar-refractivity contribution in [1.29, 1.82) is 0 Å². The largest absolute Gasteiger partial charge is 0.302 e. The number of hydrogen-bond acceptors (Lipinski definition) is 12. The Balaban J connectivity index is 1.47. The molecule has 0 radical (unpaired) electrons. The first kappa shape index (κ1) is 22.1. The Kier molecular flexibility index (Phi) is 5.00. The van der Waals surface area contributed by atoms with Gasteiger partial charge in [0, 0.05) is 36.2 Å². The van der Waals surface area contributed by atoms with Gasteiger partial charge in [0.2, 0.25) is 11.9 Å². The monoisotopic (exact) mass is 512 g/mol. The van der Waals surface area contributed by atoms with Crippen molar-refractivity contribution in [3.8, 4) is 0 Å². The summed E-state index contributed by atoms with van der Waals surface area (Å²) in [6.45, 7) is -0.293. The Hall–Kier alpha value is -4.94. The molecule has 3 aliphatic rings. The molecule has 1 aromatic carbocycles. The fraction of sp³-hybridized carbons (Fsp3) is 0.231. The number of nitrogens with zero attached hydrogens (tertiary/aromatic N) is 12. The molecule has 6 heterocycles. The zero-order valence-electron chi connectivity index (χ0n) is 20.8. The Morgan fingerprint density at radius 3 is 1.59 bits per heavy atom. The van der Waals surface area contributed by atoms with Gasteiger partial charge < -0.3 is 0 Å². The van der Waals surface area contributed by atoms with Crippen molar-refractivity contribution in [1.82, 2.24) is 49.8 Å². The van der Waals surface area contributed by atoms with E-state index in [1.807, 2.05) is 9.80 Å².